The second-order valence-corrected chi connectivity index (χ2v) is 4.90. The van der Waals surface area contributed by atoms with E-state index in [0.29, 0.717) is 12.1 Å². The summed E-state index contributed by atoms with van der Waals surface area (Å²) in [6.07, 6.45) is -1.75. The van der Waals surface area contributed by atoms with E-state index in [4.69, 9.17) is 11.5 Å². The van der Waals surface area contributed by atoms with Crippen LogP contribution >= 0.6 is 0 Å². The van der Waals surface area contributed by atoms with Crippen LogP contribution in [-0.4, -0.2) is 59.1 Å². The molecule has 0 aliphatic heterocycles. The summed E-state index contributed by atoms with van der Waals surface area (Å²) in [6, 6.07) is -0.555. The predicted octanol–water partition coefficient (Wildman–Crippen LogP) is -2.34. The van der Waals surface area contributed by atoms with E-state index in [2.05, 4.69) is 20.3 Å². The predicted molar refractivity (Wildman–Crippen MR) is 68.2 cm³/mol. The number of aromatic nitrogens is 5. The van der Waals surface area contributed by atoms with Gasteiger partial charge in [-0.05, 0) is 6.42 Å². The average molecular weight is 281 g/mol. The highest BCUT2D eigenvalue weighted by Crippen LogP contribution is 2.36. The summed E-state index contributed by atoms with van der Waals surface area (Å²) in [5.74, 6) is -0.346. The third-order valence-corrected chi connectivity index (χ3v) is 3.69. The molecule has 0 bridgehead atoms. The number of nitrogens with zero attached hydrogens (tertiary/aromatic N) is 5. The standard InChI is InChI=1S/C10H15N7O3/c11-8-5-9(14-10(12)13-8)17(16-15-5)4-1-3(2-18)6(19)7(4)20/h3-4,6-7,18-20H,1-2H2,(H4,11,12,13,14)/t3-,4-,6-,7+/m0/s1. The first-order valence-corrected chi connectivity index (χ1v) is 6.13. The van der Waals surface area contributed by atoms with Gasteiger partial charge in [0.1, 0.15) is 6.10 Å². The number of anilines is 2. The van der Waals surface area contributed by atoms with Crippen molar-refractivity contribution in [3.8, 4) is 0 Å². The highest BCUT2D eigenvalue weighted by molar-refractivity contribution is 5.81. The van der Waals surface area contributed by atoms with Crippen LogP contribution in [0.3, 0.4) is 0 Å². The third-order valence-electron chi connectivity index (χ3n) is 3.69. The first-order valence-electron chi connectivity index (χ1n) is 6.13. The van der Waals surface area contributed by atoms with Crippen LogP contribution in [0.4, 0.5) is 11.8 Å². The fourth-order valence-corrected chi connectivity index (χ4v) is 2.61. The second kappa shape index (κ2) is 4.51. The van der Waals surface area contributed by atoms with E-state index in [1.54, 1.807) is 0 Å². The van der Waals surface area contributed by atoms with E-state index in [-0.39, 0.29) is 23.9 Å². The van der Waals surface area contributed by atoms with Crippen LogP contribution in [0.2, 0.25) is 0 Å². The Kier molecular flexibility index (Phi) is 2.92. The lowest BCUT2D eigenvalue weighted by Crippen LogP contribution is -2.30. The van der Waals surface area contributed by atoms with E-state index in [1.807, 2.05) is 0 Å². The quantitative estimate of drug-likeness (QED) is 0.404. The van der Waals surface area contributed by atoms with Crippen LogP contribution in [0.15, 0.2) is 0 Å². The SMILES string of the molecule is Nc1nc(N)c2nnn([C@H]3C[C@@H](CO)[C@H](O)[C@@H]3O)c2n1. The molecular formula is C10H15N7O3. The number of hydrogen-bond donors (Lipinski definition) is 5. The molecule has 3 rings (SSSR count). The highest BCUT2D eigenvalue weighted by Gasteiger charge is 2.43. The average Bonchev–Trinajstić information content (AvgIpc) is 2.93. The van der Waals surface area contributed by atoms with Crippen molar-refractivity contribution in [3.63, 3.8) is 0 Å². The van der Waals surface area contributed by atoms with Crippen LogP contribution in [0, 0.1) is 5.92 Å². The van der Waals surface area contributed by atoms with Crippen molar-refractivity contribution in [2.24, 2.45) is 5.92 Å². The first kappa shape index (κ1) is 13.0. The van der Waals surface area contributed by atoms with E-state index in [1.165, 1.54) is 4.68 Å². The molecule has 1 aliphatic carbocycles. The molecule has 10 heteroatoms. The lowest BCUT2D eigenvalue weighted by molar-refractivity contribution is -0.00511. The number of hydrogen-bond acceptors (Lipinski definition) is 9. The van der Waals surface area contributed by atoms with Crippen molar-refractivity contribution in [1.82, 2.24) is 25.0 Å². The van der Waals surface area contributed by atoms with Gasteiger partial charge in [0.05, 0.1) is 12.1 Å². The molecule has 0 amide bonds. The molecule has 2 heterocycles. The van der Waals surface area contributed by atoms with Gasteiger partial charge in [-0.2, -0.15) is 9.97 Å². The van der Waals surface area contributed by atoms with Crippen molar-refractivity contribution in [2.45, 2.75) is 24.7 Å². The molecule has 2 aromatic heterocycles. The van der Waals surface area contributed by atoms with Crippen LogP contribution < -0.4 is 11.5 Å². The van der Waals surface area contributed by atoms with E-state index >= 15 is 0 Å². The monoisotopic (exact) mass is 281 g/mol. The maximum atomic E-state index is 10.1. The smallest absolute Gasteiger partial charge is 0.224 e. The Hall–Kier alpha value is -2.04. The molecule has 4 atom stereocenters. The summed E-state index contributed by atoms with van der Waals surface area (Å²) in [5, 5.41) is 36.9. The van der Waals surface area contributed by atoms with Gasteiger partial charge >= 0.3 is 0 Å². The molecule has 2 aromatic rings. The normalized spacial score (nSPS) is 30.1. The van der Waals surface area contributed by atoms with Crippen LogP contribution in [-0.2, 0) is 0 Å². The zero-order valence-electron chi connectivity index (χ0n) is 10.5. The summed E-state index contributed by atoms with van der Waals surface area (Å²) >= 11 is 0. The Morgan fingerprint density at radius 2 is 1.95 bits per heavy atom. The molecule has 0 saturated heterocycles. The van der Waals surface area contributed by atoms with Gasteiger partial charge in [0.15, 0.2) is 17.0 Å². The van der Waals surface area contributed by atoms with Crippen LogP contribution in [0.25, 0.3) is 11.2 Å². The molecule has 108 valence electrons. The molecule has 1 saturated carbocycles. The molecule has 1 aliphatic rings. The number of fused-ring (bicyclic) bond motifs is 1. The third kappa shape index (κ3) is 1.77. The zero-order chi connectivity index (χ0) is 14.4. The number of rotatable bonds is 2. The molecule has 20 heavy (non-hydrogen) atoms. The molecule has 1 fully saturated rings. The highest BCUT2D eigenvalue weighted by atomic mass is 16.3. The lowest BCUT2D eigenvalue weighted by Gasteiger charge is -2.16. The minimum atomic E-state index is -1.07. The molecule has 0 aromatic carbocycles. The van der Waals surface area contributed by atoms with Gasteiger partial charge in [0, 0.05) is 12.5 Å². The van der Waals surface area contributed by atoms with Crippen LogP contribution in [0.5, 0.6) is 0 Å². The van der Waals surface area contributed by atoms with E-state index in [0.717, 1.165) is 0 Å². The number of nitrogens with two attached hydrogens (primary N) is 2. The minimum absolute atomic E-state index is 0.0229. The maximum absolute atomic E-state index is 10.1. The zero-order valence-corrected chi connectivity index (χ0v) is 10.5. The molecule has 0 radical (unpaired) electrons. The Labute approximate surface area is 113 Å². The topological polar surface area (TPSA) is 169 Å². The second-order valence-electron chi connectivity index (χ2n) is 4.90. The van der Waals surface area contributed by atoms with E-state index in [9.17, 15) is 15.3 Å². The molecule has 10 nitrogen and oxygen atoms in total. The summed E-state index contributed by atoms with van der Waals surface area (Å²) < 4.78 is 1.37. The van der Waals surface area contributed by atoms with Crippen molar-refractivity contribution in [3.05, 3.63) is 0 Å². The number of aliphatic hydroxyl groups is 3. The maximum Gasteiger partial charge on any atom is 0.224 e. The summed E-state index contributed by atoms with van der Waals surface area (Å²) in [5.41, 5.74) is 11.8. The lowest BCUT2D eigenvalue weighted by atomic mass is 10.1. The van der Waals surface area contributed by atoms with Gasteiger partial charge in [-0.1, -0.05) is 5.21 Å². The fourth-order valence-electron chi connectivity index (χ4n) is 2.61. The van der Waals surface area contributed by atoms with Gasteiger partial charge in [0.25, 0.3) is 0 Å². The van der Waals surface area contributed by atoms with Gasteiger partial charge in [0.2, 0.25) is 5.95 Å². The van der Waals surface area contributed by atoms with Crippen molar-refractivity contribution in [2.75, 3.05) is 18.1 Å². The summed E-state index contributed by atoms with van der Waals surface area (Å²) in [6.45, 7) is -0.222. The largest absolute Gasteiger partial charge is 0.396 e. The first-order chi connectivity index (χ1) is 9.52. The molecule has 0 unspecified atom stereocenters. The molecule has 7 N–H and O–H groups in total. The Morgan fingerprint density at radius 1 is 1.20 bits per heavy atom. The van der Waals surface area contributed by atoms with Gasteiger partial charge in [-0.3, -0.25) is 0 Å². The number of aliphatic hydroxyl groups excluding tert-OH is 3. The Balaban J connectivity index is 2.07. The Bertz CT molecular complexity index is 645. The van der Waals surface area contributed by atoms with Gasteiger partial charge in [-0.25, -0.2) is 4.68 Å². The summed E-state index contributed by atoms with van der Waals surface area (Å²) in [7, 11) is 0. The minimum Gasteiger partial charge on any atom is -0.396 e. The van der Waals surface area contributed by atoms with Crippen molar-refractivity contribution >= 4 is 22.9 Å². The molecule has 0 spiro atoms. The summed E-state index contributed by atoms with van der Waals surface area (Å²) in [4.78, 5) is 7.80. The van der Waals surface area contributed by atoms with Gasteiger partial charge < -0.3 is 26.8 Å². The fraction of sp³-hybridized carbons (Fsp3) is 0.600. The van der Waals surface area contributed by atoms with Crippen molar-refractivity contribution < 1.29 is 15.3 Å². The molecular weight excluding hydrogens is 266 g/mol. The van der Waals surface area contributed by atoms with Crippen molar-refractivity contribution in [1.29, 1.82) is 0 Å². The van der Waals surface area contributed by atoms with Gasteiger partial charge in [-0.15, -0.1) is 5.10 Å². The van der Waals surface area contributed by atoms with Crippen LogP contribution in [0.1, 0.15) is 12.5 Å². The van der Waals surface area contributed by atoms with E-state index < -0.39 is 24.2 Å². The Morgan fingerprint density at radius 3 is 2.60 bits per heavy atom. The number of nitrogen functional groups attached to an aromatic ring is 2.